The maximum atomic E-state index is 13.6. The molecule has 8 nitrogen and oxygen atoms in total. The van der Waals surface area contributed by atoms with E-state index in [1.54, 1.807) is 11.3 Å². The number of aliphatic hydroxyl groups is 1. The molecule has 0 unspecified atom stereocenters. The number of aryl methyl sites for hydroxylation is 1. The monoisotopic (exact) mass is 515 g/mol. The Morgan fingerprint density at radius 3 is 2.53 bits per heavy atom. The molecule has 1 aromatic heterocycles. The van der Waals surface area contributed by atoms with E-state index in [1.165, 1.54) is 4.90 Å². The number of carbonyl (C=O) groups is 3. The molecular weight excluding hydrogens is 478 g/mol. The number of β-amino-alcohol motifs (C(OH)–C–C–N with tert-alkyl or cyclic N) is 1. The number of aliphatic hydroxyl groups excluding tert-OH is 1. The van der Waals surface area contributed by atoms with Crippen molar-refractivity contribution in [3.63, 3.8) is 0 Å². The minimum Gasteiger partial charge on any atom is -0.391 e. The van der Waals surface area contributed by atoms with Crippen LogP contribution in [-0.4, -0.2) is 64.5 Å². The van der Waals surface area contributed by atoms with Gasteiger partial charge in [-0.1, -0.05) is 45.0 Å². The molecule has 0 bridgehead atoms. The first kappa shape index (κ1) is 28.0. The van der Waals surface area contributed by atoms with Crippen molar-refractivity contribution in [1.29, 1.82) is 0 Å². The molecular formula is C27H37N3O5S. The Hall–Kier alpha value is -2.62. The first-order chi connectivity index (χ1) is 17.0. The molecule has 2 heterocycles. The van der Waals surface area contributed by atoms with E-state index in [4.69, 9.17) is 4.74 Å². The average molecular weight is 516 g/mol. The lowest BCUT2D eigenvalue weighted by Gasteiger charge is -2.34. The molecule has 9 heteroatoms. The Bertz CT molecular complexity index is 1060. The number of nitrogens with zero attached hydrogens (tertiary/aromatic N) is 2. The largest absolute Gasteiger partial charge is 0.391 e. The molecule has 2 amide bonds. The summed E-state index contributed by atoms with van der Waals surface area (Å²) in [4.78, 5) is 45.9. The number of likely N-dealkylation sites (tertiary alicyclic amines) is 1. The number of rotatable bonds is 10. The topological polar surface area (TPSA) is 109 Å². The highest BCUT2D eigenvalue weighted by atomic mass is 32.1. The van der Waals surface area contributed by atoms with Gasteiger partial charge in [0.1, 0.15) is 12.6 Å². The zero-order chi connectivity index (χ0) is 26.5. The van der Waals surface area contributed by atoms with Crippen LogP contribution in [0, 0.1) is 18.3 Å². The van der Waals surface area contributed by atoms with Gasteiger partial charge in [0.25, 0.3) is 0 Å². The van der Waals surface area contributed by atoms with Crippen LogP contribution in [0.4, 0.5) is 0 Å². The van der Waals surface area contributed by atoms with Gasteiger partial charge in [-0.3, -0.25) is 14.4 Å². The summed E-state index contributed by atoms with van der Waals surface area (Å²) in [6.07, 6.45) is -0.578. The van der Waals surface area contributed by atoms with E-state index in [0.717, 1.165) is 21.7 Å². The third-order valence-electron chi connectivity index (χ3n) is 6.54. The molecule has 0 radical (unpaired) electrons. The molecule has 1 aliphatic heterocycles. The highest BCUT2D eigenvalue weighted by molar-refractivity contribution is 7.13. The van der Waals surface area contributed by atoms with Crippen LogP contribution in [0.1, 0.15) is 51.8 Å². The zero-order valence-corrected chi connectivity index (χ0v) is 22.6. The van der Waals surface area contributed by atoms with Crippen LogP contribution in [0.15, 0.2) is 29.8 Å². The molecule has 1 aromatic carbocycles. The Kier molecular flexibility index (Phi) is 9.38. The van der Waals surface area contributed by atoms with E-state index in [-0.39, 0.29) is 43.6 Å². The Morgan fingerprint density at radius 2 is 1.94 bits per heavy atom. The summed E-state index contributed by atoms with van der Waals surface area (Å²) in [5, 5.41) is 13.2. The van der Waals surface area contributed by atoms with Crippen molar-refractivity contribution in [2.45, 2.75) is 66.2 Å². The molecule has 196 valence electrons. The van der Waals surface area contributed by atoms with Crippen molar-refractivity contribution in [1.82, 2.24) is 15.2 Å². The summed E-state index contributed by atoms with van der Waals surface area (Å²) in [7, 11) is 0. The van der Waals surface area contributed by atoms with Gasteiger partial charge in [-0.05, 0) is 30.4 Å². The second-order valence-electron chi connectivity index (χ2n) is 10.4. The number of ether oxygens (including phenoxy) is 1. The number of hydrogen-bond donors (Lipinski definition) is 2. The summed E-state index contributed by atoms with van der Waals surface area (Å²) < 4.78 is 5.22. The Labute approximate surface area is 217 Å². The van der Waals surface area contributed by atoms with Crippen LogP contribution in [-0.2, 0) is 25.7 Å². The lowest BCUT2D eigenvalue weighted by atomic mass is 9.77. The van der Waals surface area contributed by atoms with Crippen molar-refractivity contribution in [2.24, 2.45) is 11.3 Å². The van der Waals surface area contributed by atoms with E-state index in [1.807, 2.05) is 64.4 Å². The lowest BCUT2D eigenvalue weighted by molar-refractivity contribution is -0.146. The van der Waals surface area contributed by atoms with Gasteiger partial charge in [-0.25, -0.2) is 4.98 Å². The molecule has 0 aliphatic carbocycles. The van der Waals surface area contributed by atoms with E-state index >= 15 is 0 Å². The summed E-state index contributed by atoms with van der Waals surface area (Å²) in [6, 6.07) is 7.15. The fourth-order valence-corrected chi connectivity index (χ4v) is 5.24. The number of hydrogen-bond acceptors (Lipinski definition) is 7. The number of thiazole rings is 1. The van der Waals surface area contributed by atoms with Crippen molar-refractivity contribution < 1.29 is 24.2 Å². The summed E-state index contributed by atoms with van der Waals surface area (Å²) in [6.45, 7) is 10.3. The quantitative estimate of drug-likeness (QED) is 0.502. The average Bonchev–Trinajstić information content (AvgIpc) is 3.44. The number of amides is 2. The van der Waals surface area contributed by atoms with E-state index in [2.05, 4.69) is 10.3 Å². The number of carbonyl (C=O) groups excluding carboxylic acids is 3. The molecule has 0 saturated carbocycles. The Morgan fingerprint density at radius 1 is 1.25 bits per heavy atom. The molecule has 1 aliphatic rings. The van der Waals surface area contributed by atoms with Crippen LogP contribution < -0.4 is 5.32 Å². The van der Waals surface area contributed by atoms with E-state index in [9.17, 15) is 19.5 Å². The Balaban J connectivity index is 1.66. The fraction of sp³-hybridized carbons (Fsp3) is 0.556. The minimum atomic E-state index is -0.786. The molecule has 3 rings (SSSR count). The van der Waals surface area contributed by atoms with Crippen molar-refractivity contribution in [2.75, 3.05) is 19.8 Å². The van der Waals surface area contributed by atoms with Gasteiger partial charge < -0.3 is 20.1 Å². The SMILES string of the molecule is CCOCC(=O)C[C@@H](C(=O)N1C[C@@H](O)C[C@@H]1C(=O)NCc1ccc(-c2scnc2C)cc1)C(C)(C)C. The molecule has 1 saturated heterocycles. The number of ketones is 1. The second kappa shape index (κ2) is 12.1. The first-order valence-corrected chi connectivity index (χ1v) is 13.2. The molecule has 3 atom stereocenters. The van der Waals surface area contributed by atoms with E-state index in [0.29, 0.717) is 13.2 Å². The van der Waals surface area contributed by atoms with Crippen molar-refractivity contribution in [3.8, 4) is 10.4 Å². The number of nitrogens with one attached hydrogen (secondary N) is 1. The normalized spacial score (nSPS) is 18.8. The smallest absolute Gasteiger partial charge is 0.243 e. The van der Waals surface area contributed by atoms with Gasteiger partial charge in [0.15, 0.2) is 5.78 Å². The summed E-state index contributed by atoms with van der Waals surface area (Å²) in [5.41, 5.74) is 4.32. The van der Waals surface area contributed by atoms with Gasteiger partial charge >= 0.3 is 0 Å². The lowest BCUT2D eigenvalue weighted by Crippen LogP contribution is -2.50. The van der Waals surface area contributed by atoms with Gasteiger partial charge in [0.2, 0.25) is 11.8 Å². The minimum absolute atomic E-state index is 0.0366. The van der Waals surface area contributed by atoms with E-state index < -0.39 is 23.5 Å². The molecule has 36 heavy (non-hydrogen) atoms. The van der Waals surface area contributed by atoms with Gasteiger partial charge in [-0.2, -0.15) is 0 Å². The van der Waals surface area contributed by atoms with Crippen molar-refractivity contribution in [3.05, 3.63) is 41.0 Å². The number of aromatic nitrogens is 1. The van der Waals surface area contributed by atoms with Gasteiger partial charge in [0, 0.05) is 38.5 Å². The maximum absolute atomic E-state index is 13.6. The third-order valence-corrected chi connectivity index (χ3v) is 7.51. The number of Topliss-reactive ketones (excluding diaryl/α,β-unsaturated/α-hetero) is 1. The highest BCUT2D eigenvalue weighted by Gasteiger charge is 2.44. The standard InChI is InChI=1S/C27H37N3O5S/c1-6-35-15-21(32)11-22(27(3,4)5)26(34)30-14-20(31)12-23(30)25(33)28-13-18-7-9-19(10-8-18)24-17(2)29-16-36-24/h7-10,16,20,22-23,31H,6,11-15H2,1-5H3,(H,28,33)/t20-,22-,23+/m0/s1. The first-order valence-electron chi connectivity index (χ1n) is 12.4. The predicted octanol–water partition coefficient (Wildman–Crippen LogP) is 3.35. The highest BCUT2D eigenvalue weighted by Crippen LogP contribution is 2.33. The summed E-state index contributed by atoms with van der Waals surface area (Å²) in [5.74, 6) is -1.36. The number of benzene rings is 1. The fourth-order valence-electron chi connectivity index (χ4n) is 4.43. The third kappa shape index (κ3) is 6.99. The molecule has 2 N–H and O–H groups in total. The van der Waals surface area contributed by atoms with Crippen LogP contribution >= 0.6 is 11.3 Å². The molecule has 0 spiro atoms. The van der Waals surface area contributed by atoms with Crippen molar-refractivity contribution >= 4 is 28.9 Å². The van der Waals surface area contributed by atoms with Crippen LogP contribution in [0.2, 0.25) is 0 Å². The molecule has 1 fully saturated rings. The maximum Gasteiger partial charge on any atom is 0.243 e. The van der Waals surface area contributed by atoms with Gasteiger partial charge in [-0.15, -0.1) is 11.3 Å². The second-order valence-corrected chi connectivity index (χ2v) is 11.2. The van der Waals surface area contributed by atoms with Crippen LogP contribution in [0.5, 0.6) is 0 Å². The predicted molar refractivity (Wildman–Crippen MR) is 139 cm³/mol. The van der Waals surface area contributed by atoms with Gasteiger partial charge in [0.05, 0.1) is 22.2 Å². The molecule has 2 aromatic rings. The zero-order valence-electron chi connectivity index (χ0n) is 21.7. The van der Waals surface area contributed by atoms with Crippen LogP contribution in [0.3, 0.4) is 0 Å². The van der Waals surface area contributed by atoms with Crippen LogP contribution in [0.25, 0.3) is 10.4 Å². The summed E-state index contributed by atoms with van der Waals surface area (Å²) >= 11 is 1.59.